The third-order valence-corrected chi connectivity index (χ3v) is 5.48. The number of carbonyl (C=O) groups excluding carboxylic acids is 1. The normalized spacial score (nSPS) is 18.6. The van der Waals surface area contributed by atoms with Gasteiger partial charge in [-0.25, -0.2) is 4.79 Å². The maximum Gasteiger partial charge on any atom is 0.411 e. The second-order valence-corrected chi connectivity index (χ2v) is 7.41. The lowest BCUT2D eigenvalue weighted by Gasteiger charge is -2.41. The molecular weight excluding hydrogens is 374 g/mol. The van der Waals surface area contributed by atoms with Crippen molar-refractivity contribution in [3.63, 3.8) is 0 Å². The van der Waals surface area contributed by atoms with Crippen LogP contribution in [0, 0.1) is 0 Å². The van der Waals surface area contributed by atoms with E-state index in [1.54, 1.807) is 6.20 Å². The van der Waals surface area contributed by atoms with Crippen LogP contribution < -0.4 is 0 Å². The SMILES string of the molecule is CCC1Cc2[nH]ncc2C(c2ccc(Cl)cc2)N1C(=O)OCc1ccccc1. The van der Waals surface area contributed by atoms with Crippen LogP contribution in [0.25, 0.3) is 0 Å². The van der Waals surface area contributed by atoms with Crippen LogP contribution in [0.5, 0.6) is 0 Å². The molecule has 1 aliphatic rings. The summed E-state index contributed by atoms with van der Waals surface area (Å²) in [5, 5.41) is 7.98. The quantitative estimate of drug-likeness (QED) is 0.666. The molecule has 0 fully saturated rings. The maximum absolute atomic E-state index is 13.2. The molecule has 6 heteroatoms. The van der Waals surface area contributed by atoms with Crippen LogP contribution in [0.1, 0.15) is 41.8 Å². The highest BCUT2D eigenvalue weighted by molar-refractivity contribution is 6.30. The van der Waals surface area contributed by atoms with Crippen molar-refractivity contribution in [2.75, 3.05) is 0 Å². The van der Waals surface area contributed by atoms with Crippen molar-refractivity contribution in [2.45, 2.75) is 38.5 Å². The first kappa shape index (κ1) is 18.6. The van der Waals surface area contributed by atoms with Crippen molar-refractivity contribution in [3.05, 3.63) is 88.2 Å². The third kappa shape index (κ3) is 3.62. The molecular formula is C22H22ClN3O2. The first-order valence-corrected chi connectivity index (χ1v) is 9.81. The molecule has 2 unspecified atom stereocenters. The Kier molecular flexibility index (Phi) is 5.35. The molecule has 5 nitrogen and oxygen atoms in total. The average Bonchev–Trinajstić information content (AvgIpc) is 3.20. The monoisotopic (exact) mass is 395 g/mol. The molecule has 0 bridgehead atoms. The third-order valence-electron chi connectivity index (χ3n) is 5.23. The van der Waals surface area contributed by atoms with Crippen molar-refractivity contribution in [1.29, 1.82) is 0 Å². The molecule has 1 aliphatic heterocycles. The van der Waals surface area contributed by atoms with Crippen LogP contribution in [0.2, 0.25) is 5.02 Å². The van der Waals surface area contributed by atoms with E-state index in [1.165, 1.54) is 0 Å². The highest BCUT2D eigenvalue weighted by Gasteiger charge is 2.39. The summed E-state index contributed by atoms with van der Waals surface area (Å²) < 4.78 is 5.70. The first-order chi connectivity index (χ1) is 13.7. The molecule has 0 saturated carbocycles. The van der Waals surface area contributed by atoms with Gasteiger partial charge in [-0.3, -0.25) is 10.00 Å². The fourth-order valence-electron chi connectivity index (χ4n) is 3.79. The lowest BCUT2D eigenvalue weighted by atomic mass is 9.88. The van der Waals surface area contributed by atoms with E-state index in [1.807, 2.05) is 59.5 Å². The number of nitrogens with zero attached hydrogens (tertiary/aromatic N) is 2. The number of amides is 1. The Balaban J connectivity index is 1.66. The van der Waals surface area contributed by atoms with E-state index in [9.17, 15) is 4.79 Å². The molecule has 1 amide bonds. The van der Waals surface area contributed by atoms with E-state index in [4.69, 9.17) is 16.3 Å². The van der Waals surface area contributed by atoms with Crippen LogP contribution >= 0.6 is 11.6 Å². The van der Waals surface area contributed by atoms with Gasteiger partial charge in [-0.1, -0.05) is 61.0 Å². The number of hydrogen-bond acceptors (Lipinski definition) is 3. The van der Waals surface area contributed by atoms with Gasteiger partial charge in [0.2, 0.25) is 0 Å². The van der Waals surface area contributed by atoms with Gasteiger partial charge in [0.25, 0.3) is 0 Å². The summed E-state index contributed by atoms with van der Waals surface area (Å²) in [5.41, 5.74) is 4.03. The molecule has 1 aromatic heterocycles. The number of fused-ring (bicyclic) bond motifs is 1. The number of aromatic amines is 1. The van der Waals surface area contributed by atoms with E-state index in [0.29, 0.717) is 5.02 Å². The minimum atomic E-state index is -0.317. The fourth-order valence-corrected chi connectivity index (χ4v) is 3.92. The number of rotatable bonds is 4. The molecule has 2 heterocycles. The van der Waals surface area contributed by atoms with Crippen LogP contribution in [0.4, 0.5) is 4.79 Å². The highest BCUT2D eigenvalue weighted by atomic mass is 35.5. The minimum absolute atomic E-state index is 0.0249. The Hall–Kier alpha value is -2.79. The smallest absolute Gasteiger partial charge is 0.411 e. The number of aromatic nitrogens is 2. The number of halogens is 1. The van der Waals surface area contributed by atoms with E-state index in [-0.39, 0.29) is 24.8 Å². The number of benzene rings is 2. The Morgan fingerprint density at radius 2 is 1.96 bits per heavy atom. The van der Waals surface area contributed by atoms with Crippen LogP contribution in [-0.2, 0) is 17.8 Å². The summed E-state index contributed by atoms with van der Waals surface area (Å²) in [6, 6.07) is 17.1. The van der Waals surface area contributed by atoms with E-state index in [0.717, 1.165) is 35.2 Å². The topological polar surface area (TPSA) is 58.2 Å². The summed E-state index contributed by atoms with van der Waals surface area (Å²) in [7, 11) is 0. The van der Waals surface area contributed by atoms with Crippen molar-refractivity contribution in [1.82, 2.24) is 15.1 Å². The van der Waals surface area contributed by atoms with Gasteiger partial charge in [0, 0.05) is 28.7 Å². The molecule has 0 radical (unpaired) electrons. The number of ether oxygens (including phenoxy) is 1. The number of hydrogen-bond donors (Lipinski definition) is 1. The summed E-state index contributed by atoms with van der Waals surface area (Å²) in [5.74, 6) is 0. The summed E-state index contributed by atoms with van der Waals surface area (Å²) in [4.78, 5) is 15.0. The second-order valence-electron chi connectivity index (χ2n) is 6.97. The molecule has 28 heavy (non-hydrogen) atoms. The maximum atomic E-state index is 13.2. The van der Waals surface area contributed by atoms with Crippen molar-refractivity contribution >= 4 is 17.7 Å². The van der Waals surface area contributed by atoms with E-state index < -0.39 is 0 Å². The molecule has 3 aromatic rings. The van der Waals surface area contributed by atoms with Gasteiger partial charge in [-0.05, 0) is 29.7 Å². The number of nitrogens with one attached hydrogen (secondary N) is 1. The zero-order valence-corrected chi connectivity index (χ0v) is 16.4. The molecule has 2 atom stereocenters. The number of H-pyrrole nitrogens is 1. The molecule has 1 N–H and O–H groups in total. The Labute approximate surface area is 169 Å². The predicted molar refractivity (Wildman–Crippen MR) is 108 cm³/mol. The van der Waals surface area contributed by atoms with Gasteiger partial charge in [0.1, 0.15) is 6.61 Å². The minimum Gasteiger partial charge on any atom is -0.445 e. The van der Waals surface area contributed by atoms with Crippen molar-refractivity contribution in [2.24, 2.45) is 0 Å². The standard InChI is InChI=1S/C22H22ClN3O2/c1-2-18-12-20-19(13-24-25-20)21(16-8-10-17(23)11-9-16)26(18)22(27)28-14-15-6-4-3-5-7-15/h3-11,13,18,21H,2,12,14H2,1H3,(H,24,25). The number of carbonyl (C=O) groups is 1. The predicted octanol–water partition coefficient (Wildman–Crippen LogP) is 5.13. The molecule has 4 rings (SSSR count). The average molecular weight is 396 g/mol. The second kappa shape index (κ2) is 8.07. The Morgan fingerprint density at radius 3 is 2.68 bits per heavy atom. The Morgan fingerprint density at radius 1 is 1.21 bits per heavy atom. The molecule has 144 valence electrons. The lowest BCUT2D eigenvalue weighted by molar-refractivity contribution is 0.0615. The van der Waals surface area contributed by atoms with Crippen LogP contribution in [-0.4, -0.2) is 27.2 Å². The van der Waals surface area contributed by atoms with Gasteiger partial charge in [0.15, 0.2) is 0 Å². The highest BCUT2D eigenvalue weighted by Crippen LogP contribution is 2.38. The zero-order chi connectivity index (χ0) is 19.5. The molecule has 0 spiro atoms. The van der Waals surface area contributed by atoms with Crippen molar-refractivity contribution in [3.8, 4) is 0 Å². The largest absolute Gasteiger partial charge is 0.445 e. The van der Waals surface area contributed by atoms with E-state index in [2.05, 4.69) is 17.1 Å². The summed E-state index contributed by atoms with van der Waals surface area (Å²) >= 11 is 6.08. The molecule has 0 saturated heterocycles. The Bertz CT molecular complexity index is 940. The van der Waals surface area contributed by atoms with Crippen molar-refractivity contribution < 1.29 is 9.53 Å². The van der Waals surface area contributed by atoms with Gasteiger partial charge >= 0.3 is 6.09 Å². The van der Waals surface area contributed by atoms with Crippen LogP contribution in [0.3, 0.4) is 0 Å². The van der Waals surface area contributed by atoms with Gasteiger partial charge in [0.05, 0.1) is 12.2 Å². The molecule has 2 aromatic carbocycles. The lowest BCUT2D eigenvalue weighted by Crippen LogP contribution is -2.47. The summed E-state index contributed by atoms with van der Waals surface area (Å²) in [6.07, 6.45) is 3.04. The fraction of sp³-hybridized carbons (Fsp3) is 0.273. The zero-order valence-electron chi connectivity index (χ0n) is 15.6. The van der Waals surface area contributed by atoms with Crippen LogP contribution in [0.15, 0.2) is 60.8 Å². The first-order valence-electron chi connectivity index (χ1n) is 9.44. The summed E-state index contributed by atoms with van der Waals surface area (Å²) in [6.45, 7) is 2.33. The molecule has 0 aliphatic carbocycles. The van der Waals surface area contributed by atoms with Gasteiger partial charge in [-0.2, -0.15) is 5.10 Å². The van der Waals surface area contributed by atoms with Gasteiger partial charge < -0.3 is 4.74 Å². The van der Waals surface area contributed by atoms with E-state index >= 15 is 0 Å². The van der Waals surface area contributed by atoms with Gasteiger partial charge in [-0.15, -0.1) is 0 Å².